The highest BCUT2D eigenvalue weighted by atomic mass is 16.2. The summed E-state index contributed by atoms with van der Waals surface area (Å²) in [5.41, 5.74) is 5.38. The summed E-state index contributed by atoms with van der Waals surface area (Å²) in [6.07, 6.45) is 0. The van der Waals surface area contributed by atoms with E-state index in [2.05, 4.69) is 0 Å². The van der Waals surface area contributed by atoms with E-state index in [0.29, 0.717) is 6.54 Å². The minimum atomic E-state index is -0.352. The van der Waals surface area contributed by atoms with E-state index in [1.54, 1.807) is 11.9 Å². The number of carbonyl (C=O) groups excluding carboxylic acids is 1. The number of amides is 1. The van der Waals surface area contributed by atoms with Crippen molar-refractivity contribution < 1.29 is 4.79 Å². The van der Waals surface area contributed by atoms with Gasteiger partial charge in [0.2, 0.25) is 5.91 Å². The summed E-state index contributed by atoms with van der Waals surface area (Å²) in [6, 6.07) is -0.00926. The molecule has 0 saturated carbocycles. The number of carbonyl (C=O) groups is 1. The molecule has 1 unspecified atom stereocenters. The van der Waals surface area contributed by atoms with E-state index in [-0.39, 0.29) is 17.4 Å². The zero-order valence-corrected chi connectivity index (χ0v) is 6.72. The van der Waals surface area contributed by atoms with Crippen molar-refractivity contribution in [2.45, 2.75) is 19.9 Å². The Bertz CT molecular complexity index is 165. The van der Waals surface area contributed by atoms with E-state index in [0.717, 1.165) is 0 Å². The van der Waals surface area contributed by atoms with Crippen LogP contribution in [0.15, 0.2) is 0 Å². The van der Waals surface area contributed by atoms with Crippen LogP contribution in [0, 0.1) is 5.41 Å². The maximum Gasteiger partial charge on any atom is 0.229 e. The molecule has 1 saturated heterocycles. The van der Waals surface area contributed by atoms with Gasteiger partial charge in [-0.05, 0) is 13.8 Å². The van der Waals surface area contributed by atoms with Crippen LogP contribution in [0.4, 0.5) is 0 Å². The molecule has 0 aromatic heterocycles. The minimum Gasteiger partial charge on any atom is -0.344 e. The maximum absolute atomic E-state index is 11.3. The van der Waals surface area contributed by atoms with Crippen molar-refractivity contribution in [1.82, 2.24) is 4.90 Å². The van der Waals surface area contributed by atoms with Gasteiger partial charge >= 0.3 is 0 Å². The van der Waals surface area contributed by atoms with Crippen LogP contribution in [0.25, 0.3) is 0 Å². The second kappa shape index (κ2) is 1.95. The Morgan fingerprint density at radius 2 is 2.20 bits per heavy atom. The van der Waals surface area contributed by atoms with Gasteiger partial charge in [-0.2, -0.15) is 0 Å². The third-order valence-electron chi connectivity index (χ3n) is 2.30. The van der Waals surface area contributed by atoms with E-state index < -0.39 is 0 Å². The van der Waals surface area contributed by atoms with Gasteiger partial charge < -0.3 is 10.6 Å². The van der Waals surface area contributed by atoms with E-state index >= 15 is 0 Å². The highest BCUT2D eigenvalue weighted by Gasteiger charge is 2.43. The Morgan fingerprint density at radius 3 is 2.30 bits per heavy atom. The van der Waals surface area contributed by atoms with E-state index in [9.17, 15) is 4.79 Å². The molecule has 0 spiro atoms. The quantitative estimate of drug-likeness (QED) is 0.509. The number of hydrogen-bond acceptors (Lipinski definition) is 2. The summed E-state index contributed by atoms with van der Waals surface area (Å²) in [6.45, 7) is 4.47. The molecule has 58 valence electrons. The van der Waals surface area contributed by atoms with Crippen molar-refractivity contribution in [2.24, 2.45) is 11.1 Å². The Hall–Kier alpha value is -0.570. The molecule has 1 fully saturated rings. The van der Waals surface area contributed by atoms with Gasteiger partial charge in [-0.25, -0.2) is 0 Å². The van der Waals surface area contributed by atoms with Gasteiger partial charge in [-0.3, -0.25) is 4.79 Å². The topological polar surface area (TPSA) is 46.3 Å². The third kappa shape index (κ3) is 0.814. The first-order valence-electron chi connectivity index (χ1n) is 3.47. The van der Waals surface area contributed by atoms with Crippen molar-refractivity contribution in [3.63, 3.8) is 0 Å². The number of hydrogen-bond donors (Lipinski definition) is 1. The largest absolute Gasteiger partial charge is 0.344 e. The van der Waals surface area contributed by atoms with Crippen LogP contribution in [0.3, 0.4) is 0 Å². The molecule has 1 aliphatic heterocycles. The Kier molecular flexibility index (Phi) is 1.47. The SMILES string of the molecule is CN1CC(N)C(C)(C)C1=O. The van der Waals surface area contributed by atoms with Gasteiger partial charge in [0.25, 0.3) is 0 Å². The molecule has 0 bridgehead atoms. The van der Waals surface area contributed by atoms with E-state index in [1.807, 2.05) is 13.8 Å². The monoisotopic (exact) mass is 142 g/mol. The normalized spacial score (nSPS) is 31.4. The first-order chi connectivity index (χ1) is 4.46. The van der Waals surface area contributed by atoms with E-state index in [4.69, 9.17) is 5.73 Å². The molecular formula is C7H14N2O. The van der Waals surface area contributed by atoms with Crippen molar-refractivity contribution in [1.29, 1.82) is 0 Å². The second-order valence-electron chi connectivity index (χ2n) is 3.51. The molecule has 1 heterocycles. The van der Waals surface area contributed by atoms with Gasteiger partial charge in [0.1, 0.15) is 0 Å². The first kappa shape index (κ1) is 7.54. The summed E-state index contributed by atoms with van der Waals surface area (Å²) in [5.74, 6) is 0.153. The van der Waals surface area contributed by atoms with Gasteiger partial charge in [0.05, 0.1) is 5.41 Å². The molecule has 0 aliphatic carbocycles. The van der Waals surface area contributed by atoms with Crippen molar-refractivity contribution in [3.8, 4) is 0 Å². The Labute approximate surface area is 61.2 Å². The molecule has 1 aliphatic rings. The summed E-state index contributed by atoms with van der Waals surface area (Å²) < 4.78 is 0. The van der Waals surface area contributed by atoms with Gasteiger partial charge in [-0.15, -0.1) is 0 Å². The summed E-state index contributed by atoms with van der Waals surface area (Å²) in [4.78, 5) is 13.0. The van der Waals surface area contributed by atoms with Crippen LogP contribution in [-0.4, -0.2) is 30.4 Å². The fourth-order valence-corrected chi connectivity index (χ4v) is 1.26. The lowest BCUT2D eigenvalue weighted by atomic mass is 9.88. The highest BCUT2D eigenvalue weighted by molar-refractivity contribution is 5.85. The van der Waals surface area contributed by atoms with Crippen LogP contribution < -0.4 is 5.73 Å². The Balaban J connectivity index is 2.85. The van der Waals surface area contributed by atoms with Crippen LogP contribution in [0.1, 0.15) is 13.8 Å². The molecule has 0 aromatic carbocycles. The van der Waals surface area contributed by atoms with Gasteiger partial charge in [0, 0.05) is 19.6 Å². The number of likely N-dealkylation sites (N-methyl/N-ethyl adjacent to an activating group) is 1. The van der Waals surface area contributed by atoms with Gasteiger partial charge in [0.15, 0.2) is 0 Å². The standard InChI is InChI=1S/C7H14N2O/c1-7(2)5(8)4-9(3)6(7)10/h5H,4,8H2,1-3H3. The summed E-state index contributed by atoms with van der Waals surface area (Å²) in [5, 5.41) is 0. The molecule has 1 atom stereocenters. The molecule has 3 heteroatoms. The van der Waals surface area contributed by atoms with Crippen molar-refractivity contribution >= 4 is 5.91 Å². The zero-order chi connectivity index (χ0) is 7.94. The van der Waals surface area contributed by atoms with E-state index in [1.165, 1.54) is 0 Å². The number of nitrogens with two attached hydrogens (primary N) is 1. The predicted molar refractivity (Wildman–Crippen MR) is 39.4 cm³/mol. The number of likely N-dealkylation sites (tertiary alicyclic amines) is 1. The lowest BCUT2D eigenvalue weighted by Gasteiger charge is -2.18. The Morgan fingerprint density at radius 1 is 1.70 bits per heavy atom. The fourth-order valence-electron chi connectivity index (χ4n) is 1.26. The fraction of sp³-hybridized carbons (Fsp3) is 0.857. The molecule has 0 radical (unpaired) electrons. The predicted octanol–water partition coefficient (Wildman–Crippen LogP) is -0.188. The number of rotatable bonds is 0. The second-order valence-corrected chi connectivity index (χ2v) is 3.51. The molecule has 2 N–H and O–H groups in total. The van der Waals surface area contributed by atoms with Gasteiger partial charge in [-0.1, -0.05) is 0 Å². The smallest absolute Gasteiger partial charge is 0.229 e. The zero-order valence-electron chi connectivity index (χ0n) is 6.72. The highest BCUT2D eigenvalue weighted by Crippen LogP contribution is 2.28. The molecular weight excluding hydrogens is 128 g/mol. The lowest BCUT2D eigenvalue weighted by molar-refractivity contribution is -0.133. The summed E-state index contributed by atoms with van der Waals surface area (Å²) >= 11 is 0. The van der Waals surface area contributed by atoms with Crippen molar-refractivity contribution in [3.05, 3.63) is 0 Å². The van der Waals surface area contributed by atoms with Crippen LogP contribution >= 0.6 is 0 Å². The molecule has 10 heavy (non-hydrogen) atoms. The molecule has 0 aromatic rings. The molecule has 1 rings (SSSR count). The van der Waals surface area contributed by atoms with Crippen LogP contribution in [0.5, 0.6) is 0 Å². The third-order valence-corrected chi connectivity index (χ3v) is 2.30. The molecule has 1 amide bonds. The lowest BCUT2D eigenvalue weighted by Crippen LogP contribution is -2.37. The van der Waals surface area contributed by atoms with Crippen LogP contribution in [-0.2, 0) is 4.79 Å². The van der Waals surface area contributed by atoms with Crippen LogP contribution in [0.2, 0.25) is 0 Å². The summed E-state index contributed by atoms with van der Waals surface area (Å²) in [7, 11) is 1.79. The maximum atomic E-state index is 11.3. The van der Waals surface area contributed by atoms with Crippen molar-refractivity contribution in [2.75, 3.05) is 13.6 Å². The number of nitrogens with zero attached hydrogens (tertiary/aromatic N) is 1. The average Bonchev–Trinajstić information content (AvgIpc) is 1.97. The average molecular weight is 142 g/mol. The molecule has 3 nitrogen and oxygen atoms in total. The minimum absolute atomic E-state index is 0.00926. The first-order valence-corrected chi connectivity index (χ1v) is 3.47.